The maximum absolute atomic E-state index is 13.7. The third-order valence-corrected chi connectivity index (χ3v) is 7.93. The molecule has 0 saturated carbocycles. The number of alkyl halides is 3. The minimum atomic E-state index is -4.59. The van der Waals surface area contributed by atoms with E-state index < -0.39 is 29.5 Å². The number of allylic oxidation sites excluding steroid dienone is 1. The summed E-state index contributed by atoms with van der Waals surface area (Å²) in [5.74, 6) is -2.23. The van der Waals surface area contributed by atoms with E-state index in [0.29, 0.717) is 21.7 Å². The van der Waals surface area contributed by atoms with E-state index in [4.69, 9.17) is 9.72 Å². The molecule has 3 aromatic carbocycles. The number of fused-ring (bicyclic) bond motifs is 1. The first kappa shape index (κ1) is 27.1. The normalized spacial score (nSPS) is 17.7. The summed E-state index contributed by atoms with van der Waals surface area (Å²) in [6.45, 7) is 3.36. The molecule has 0 aliphatic carbocycles. The van der Waals surface area contributed by atoms with E-state index in [1.807, 2.05) is 24.3 Å². The van der Waals surface area contributed by atoms with Crippen molar-refractivity contribution in [2.24, 2.45) is 0 Å². The monoisotopic (exact) mass is 560 g/mol. The topological polar surface area (TPSA) is 90.1 Å². The van der Waals surface area contributed by atoms with Crippen molar-refractivity contribution in [3.8, 4) is 6.07 Å². The number of halogens is 3. The molecule has 5 rings (SSSR count). The van der Waals surface area contributed by atoms with Gasteiger partial charge >= 0.3 is 12.1 Å². The summed E-state index contributed by atoms with van der Waals surface area (Å²) in [5, 5.41) is 19.2. The van der Waals surface area contributed by atoms with Crippen molar-refractivity contribution in [2.75, 3.05) is 11.5 Å². The van der Waals surface area contributed by atoms with Crippen molar-refractivity contribution in [3.05, 3.63) is 106 Å². The Labute approximate surface area is 232 Å². The van der Waals surface area contributed by atoms with E-state index in [1.54, 1.807) is 38.1 Å². The number of ether oxygens (including phenoxy) is 1. The van der Waals surface area contributed by atoms with Crippen molar-refractivity contribution >= 4 is 39.0 Å². The van der Waals surface area contributed by atoms with Crippen LogP contribution in [0.25, 0.3) is 10.2 Å². The summed E-state index contributed by atoms with van der Waals surface area (Å²) in [6, 6.07) is 20.9. The van der Waals surface area contributed by atoms with Gasteiger partial charge in [-0.15, -0.1) is 11.3 Å². The molecule has 0 fully saturated rings. The number of hydrogen-bond acceptors (Lipinski definition) is 6. The first-order chi connectivity index (χ1) is 19.1. The number of aromatic nitrogens is 1. The van der Waals surface area contributed by atoms with Gasteiger partial charge in [0.05, 0.1) is 45.5 Å². The predicted molar refractivity (Wildman–Crippen MR) is 147 cm³/mol. The summed E-state index contributed by atoms with van der Waals surface area (Å²) >= 11 is 1.36. The lowest BCUT2D eigenvalue weighted by Crippen LogP contribution is -2.43. The number of hydrogen-bond donors (Lipinski definition) is 1. The van der Waals surface area contributed by atoms with Crippen molar-refractivity contribution in [1.82, 2.24) is 4.98 Å². The number of benzene rings is 3. The molecule has 2 unspecified atom stereocenters. The molecule has 1 aromatic heterocycles. The molecule has 0 radical (unpaired) electrons. The Balaban J connectivity index is 1.79. The van der Waals surface area contributed by atoms with Crippen molar-refractivity contribution in [1.29, 1.82) is 10.7 Å². The van der Waals surface area contributed by atoms with Gasteiger partial charge in [0.1, 0.15) is 10.8 Å². The lowest BCUT2D eigenvalue weighted by Gasteiger charge is -2.41. The molecule has 10 heteroatoms. The number of esters is 1. The molecule has 0 bridgehead atoms. The zero-order valence-corrected chi connectivity index (χ0v) is 22.3. The number of nitrogens with zero attached hydrogens (tertiary/aromatic N) is 3. The van der Waals surface area contributed by atoms with E-state index in [-0.39, 0.29) is 29.4 Å². The number of nitriles is 1. The van der Waals surface area contributed by atoms with Crippen LogP contribution >= 0.6 is 11.3 Å². The van der Waals surface area contributed by atoms with Gasteiger partial charge in [-0.3, -0.25) is 5.41 Å². The van der Waals surface area contributed by atoms with Gasteiger partial charge in [-0.25, -0.2) is 9.78 Å². The molecule has 0 saturated heterocycles. The molecule has 0 amide bonds. The van der Waals surface area contributed by atoms with Gasteiger partial charge in [-0.2, -0.15) is 18.4 Å². The Hall–Kier alpha value is -4.49. The summed E-state index contributed by atoms with van der Waals surface area (Å²) in [7, 11) is 0. The number of carbonyl (C=O) groups excluding carboxylic acids is 1. The first-order valence-electron chi connectivity index (χ1n) is 12.4. The average Bonchev–Trinajstić information content (AvgIpc) is 3.36. The molecule has 1 aliphatic heterocycles. The number of amidine groups is 1. The van der Waals surface area contributed by atoms with Gasteiger partial charge < -0.3 is 9.64 Å². The Morgan fingerprint density at radius 1 is 1.10 bits per heavy atom. The van der Waals surface area contributed by atoms with Crippen LogP contribution in [-0.2, 0) is 15.7 Å². The smallest absolute Gasteiger partial charge is 0.416 e. The summed E-state index contributed by atoms with van der Waals surface area (Å²) in [5.41, 5.74) is 1.52. The Bertz CT molecular complexity index is 1650. The van der Waals surface area contributed by atoms with Gasteiger partial charge in [0.2, 0.25) is 0 Å². The minimum absolute atomic E-state index is 0.0294. The Kier molecular flexibility index (Phi) is 7.17. The summed E-state index contributed by atoms with van der Waals surface area (Å²) in [4.78, 5) is 19.7. The van der Waals surface area contributed by atoms with E-state index in [9.17, 15) is 28.6 Å². The fourth-order valence-electron chi connectivity index (χ4n) is 5.03. The fourth-order valence-corrected chi connectivity index (χ4v) is 6.14. The number of para-hydroxylation sites is 1. The van der Waals surface area contributed by atoms with Crippen LogP contribution in [0.15, 0.2) is 84.1 Å². The maximum atomic E-state index is 13.7. The van der Waals surface area contributed by atoms with Crippen LogP contribution in [0.5, 0.6) is 0 Å². The van der Waals surface area contributed by atoms with Gasteiger partial charge in [0, 0.05) is 17.3 Å². The van der Waals surface area contributed by atoms with Crippen LogP contribution in [-0.4, -0.2) is 23.4 Å². The number of nitrogens with one attached hydrogen (secondary N) is 1. The maximum Gasteiger partial charge on any atom is 0.416 e. The second-order valence-electron chi connectivity index (χ2n) is 9.20. The van der Waals surface area contributed by atoms with Gasteiger partial charge in [0.15, 0.2) is 0 Å². The van der Waals surface area contributed by atoms with Crippen LogP contribution in [0.1, 0.15) is 47.4 Å². The largest absolute Gasteiger partial charge is 0.463 e. The third kappa shape index (κ3) is 4.84. The van der Waals surface area contributed by atoms with E-state index in [2.05, 4.69) is 6.07 Å². The third-order valence-electron chi connectivity index (χ3n) is 6.81. The van der Waals surface area contributed by atoms with Gasteiger partial charge in [-0.05, 0) is 61.9 Å². The lowest BCUT2D eigenvalue weighted by atomic mass is 9.75. The van der Waals surface area contributed by atoms with Crippen LogP contribution in [0.3, 0.4) is 0 Å². The standard InChI is InChI=1S/C30H23F3N4O2S/c1-3-39-29(38)24-17(2)37(21-8-6-7-20(15-21)30(31,32)33)27(35)26(25(24)19-13-11-18(16-34)12-14-19)28-36-22-9-4-5-10-23(22)40-28/h4-15,25-26,35H,3H2,1-2H3. The minimum Gasteiger partial charge on any atom is -0.463 e. The highest BCUT2D eigenvalue weighted by Gasteiger charge is 2.45. The van der Waals surface area contributed by atoms with Crippen LogP contribution < -0.4 is 4.90 Å². The van der Waals surface area contributed by atoms with Crippen molar-refractivity contribution in [3.63, 3.8) is 0 Å². The van der Waals surface area contributed by atoms with Crippen LogP contribution in [0.2, 0.25) is 0 Å². The number of anilines is 1. The number of rotatable bonds is 5. The molecule has 0 spiro atoms. The zero-order chi connectivity index (χ0) is 28.6. The molecule has 1 aliphatic rings. The van der Waals surface area contributed by atoms with Crippen LogP contribution in [0.4, 0.5) is 18.9 Å². The molecule has 6 nitrogen and oxygen atoms in total. The molecule has 2 atom stereocenters. The summed E-state index contributed by atoms with van der Waals surface area (Å²) < 4.78 is 47.3. The summed E-state index contributed by atoms with van der Waals surface area (Å²) in [6.07, 6.45) is -4.59. The molecular formula is C30H23F3N4O2S. The van der Waals surface area contributed by atoms with Gasteiger partial charge in [0.25, 0.3) is 0 Å². The molecule has 1 N–H and O–H groups in total. The number of thiazole rings is 1. The molecule has 40 heavy (non-hydrogen) atoms. The quantitative estimate of drug-likeness (QED) is 0.257. The Morgan fingerprint density at radius 2 is 1.82 bits per heavy atom. The highest BCUT2D eigenvalue weighted by atomic mass is 32.1. The van der Waals surface area contributed by atoms with Crippen molar-refractivity contribution < 1.29 is 22.7 Å². The van der Waals surface area contributed by atoms with Crippen molar-refractivity contribution in [2.45, 2.75) is 31.9 Å². The van der Waals surface area contributed by atoms with E-state index in [0.717, 1.165) is 16.8 Å². The molecular weight excluding hydrogens is 537 g/mol. The average molecular weight is 561 g/mol. The SMILES string of the molecule is CCOC(=O)C1=C(C)N(c2cccc(C(F)(F)F)c2)C(=N)C(c2nc3ccccc3s2)C1c1ccc(C#N)cc1. The second kappa shape index (κ2) is 10.6. The van der Waals surface area contributed by atoms with E-state index >= 15 is 0 Å². The van der Waals surface area contributed by atoms with Crippen LogP contribution in [0, 0.1) is 16.7 Å². The molecule has 202 valence electrons. The molecule has 4 aromatic rings. The van der Waals surface area contributed by atoms with Gasteiger partial charge in [-0.1, -0.05) is 30.3 Å². The fraction of sp³-hybridized carbons (Fsp3) is 0.200. The predicted octanol–water partition coefficient (Wildman–Crippen LogP) is 7.39. The second-order valence-corrected chi connectivity index (χ2v) is 10.3. The first-order valence-corrected chi connectivity index (χ1v) is 13.2. The highest BCUT2D eigenvalue weighted by Crippen LogP contribution is 2.49. The Morgan fingerprint density at radius 3 is 2.48 bits per heavy atom. The molecule has 2 heterocycles. The zero-order valence-electron chi connectivity index (χ0n) is 21.5. The highest BCUT2D eigenvalue weighted by molar-refractivity contribution is 7.18. The van der Waals surface area contributed by atoms with E-state index in [1.165, 1.54) is 28.4 Å². The lowest BCUT2D eigenvalue weighted by molar-refractivity contribution is -0.139. The number of carbonyl (C=O) groups is 1.